The van der Waals surface area contributed by atoms with E-state index in [4.69, 9.17) is 4.74 Å². The first-order chi connectivity index (χ1) is 8.63. The van der Waals surface area contributed by atoms with E-state index in [0.29, 0.717) is 6.61 Å². The van der Waals surface area contributed by atoms with Gasteiger partial charge in [-0.2, -0.15) is 0 Å². The number of likely N-dealkylation sites (N-methyl/N-ethyl adjacent to an activating group) is 1. The van der Waals surface area contributed by atoms with E-state index in [-0.39, 0.29) is 0 Å². The monoisotopic (exact) mass is 309 g/mol. The summed E-state index contributed by atoms with van der Waals surface area (Å²) in [6, 6.07) is 7.92. The van der Waals surface area contributed by atoms with Crippen LogP contribution in [0.5, 0.6) is 0 Å². The molecule has 0 aromatic heterocycles. The fourth-order valence-corrected chi connectivity index (χ4v) is 2.26. The van der Waals surface area contributed by atoms with Crippen molar-refractivity contribution in [1.29, 1.82) is 0 Å². The molecule has 4 heteroatoms. The number of rotatable bonds is 3. The van der Waals surface area contributed by atoms with Gasteiger partial charge in [-0.05, 0) is 29.3 Å². The van der Waals surface area contributed by atoms with Crippen molar-refractivity contribution < 1.29 is 9.84 Å². The number of aliphatic hydroxyl groups is 1. The summed E-state index contributed by atoms with van der Waals surface area (Å²) in [4.78, 5) is 1.77. The number of nitrogens with zero attached hydrogens (tertiary/aromatic N) is 1. The zero-order valence-electron chi connectivity index (χ0n) is 10.4. The summed E-state index contributed by atoms with van der Waals surface area (Å²) in [5.74, 6) is 0. The third-order valence-corrected chi connectivity index (χ3v) is 3.48. The van der Waals surface area contributed by atoms with Crippen LogP contribution < -0.4 is 0 Å². The summed E-state index contributed by atoms with van der Waals surface area (Å²) in [6.07, 6.45) is 3.20. The third kappa shape index (κ3) is 2.66. The predicted octanol–water partition coefficient (Wildman–Crippen LogP) is 2.63. The predicted molar refractivity (Wildman–Crippen MR) is 75.8 cm³/mol. The Hall–Kier alpha value is -1.10. The lowest BCUT2D eigenvalue weighted by Crippen LogP contribution is -2.31. The third-order valence-electron chi connectivity index (χ3n) is 2.96. The summed E-state index contributed by atoms with van der Waals surface area (Å²) < 4.78 is 6.21. The molecule has 0 saturated heterocycles. The number of halogens is 1. The Morgan fingerprint density at radius 3 is 2.61 bits per heavy atom. The topological polar surface area (TPSA) is 32.7 Å². The van der Waals surface area contributed by atoms with Gasteiger partial charge in [0.05, 0.1) is 6.61 Å². The molecule has 0 bridgehead atoms. The van der Waals surface area contributed by atoms with Crippen LogP contribution in [0.1, 0.15) is 5.56 Å². The highest BCUT2D eigenvalue weighted by Crippen LogP contribution is 2.29. The second kappa shape index (κ2) is 5.69. The smallest absolute Gasteiger partial charge is 0.153 e. The van der Waals surface area contributed by atoms with Crippen LogP contribution in [0.15, 0.2) is 46.6 Å². The van der Waals surface area contributed by atoms with E-state index in [0.717, 1.165) is 21.2 Å². The van der Waals surface area contributed by atoms with Gasteiger partial charge in [-0.15, -0.1) is 0 Å². The molecule has 0 saturated carbocycles. The van der Waals surface area contributed by atoms with Crippen LogP contribution in [0.25, 0.3) is 5.57 Å². The van der Waals surface area contributed by atoms with E-state index < -0.39 is 6.23 Å². The normalized spacial score (nSPS) is 19.6. The Morgan fingerprint density at radius 1 is 1.33 bits per heavy atom. The minimum absolute atomic E-state index is 0.493. The lowest BCUT2D eigenvalue weighted by Gasteiger charge is -2.30. The van der Waals surface area contributed by atoms with Gasteiger partial charge in [-0.25, -0.2) is 0 Å². The maximum Gasteiger partial charge on any atom is 0.153 e. The molecule has 1 aliphatic heterocycles. The van der Waals surface area contributed by atoms with Crippen molar-refractivity contribution in [3.63, 3.8) is 0 Å². The van der Waals surface area contributed by atoms with Gasteiger partial charge in [0, 0.05) is 30.4 Å². The van der Waals surface area contributed by atoms with Crippen molar-refractivity contribution in [2.75, 3.05) is 20.8 Å². The second-order valence-corrected chi connectivity index (χ2v) is 5.15. The number of ether oxygens (including phenoxy) is 1. The van der Waals surface area contributed by atoms with Crippen LogP contribution in [0.2, 0.25) is 0 Å². The van der Waals surface area contributed by atoms with Gasteiger partial charge in [-0.1, -0.05) is 28.1 Å². The summed E-state index contributed by atoms with van der Waals surface area (Å²) in [5.41, 5.74) is 2.91. The first kappa shape index (κ1) is 13.3. The van der Waals surface area contributed by atoms with E-state index in [1.165, 1.54) is 0 Å². The number of hydrogen-bond acceptors (Lipinski definition) is 3. The number of methoxy groups -OCH3 is 1. The van der Waals surface area contributed by atoms with Crippen LogP contribution in [0.4, 0.5) is 0 Å². The fraction of sp³-hybridized carbons (Fsp3) is 0.286. The van der Waals surface area contributed by atoms with Gasteiger partial charge >= 0.3 is 0 Å². The molecule has 1 atom stereocenters. The van der Waals surface area contributed by atoms with Gasteiger partial charge in [0.1, 0.15) is 0 Å². The Morgan fingerprint density at radius 2 is 2.00 bits per heavy atom. The molecule has 96 valence electrons. The van der Waals surface area contributed by atoms with Crippen LogP contribution >= 0.6 is 15.9 Å². The van der Waals surface area contributed by atoms with Crippen molar-refractivity contribution in [2.45, 2.75) is 6.23 Å². The SMILES string of the molecule is COCC1=C(c2ccc(Br)cc2)C(O)N(C)C=C1. The van der Waals surface area contributed by atoms with Gasteiger partial charge in [-0.3, -0.25) is 0 Å². The lowest BCUT2D eigenvalue weighted by molar-refractivity contribution is 0.104. The fourth-order valence-electron chi connectivity index (χ4n) is 1.99. The van der Waals surface area contributed by atoms with Gasteiger partial charge < -0.3 is 14.7 Å². The molecule has 0 radical (unpaired) electrons. The average Bonchev–Trinajstić information content (AvgIpc) is 2.36. The molecular formula is C14H16BrNO2. The molecule has 1 aromatic carbocycles. The lowest BCUT2D eigenvalue weighted by atomic mass is 9.96. The molecule has 1 heterocycles. The zero-order valence-corrected chi connectivity index (χ0v) is 12.0. The second-order valence-electron chi connectivity index (χ2n) is 4.23. The summed E-state index contributed by atoms with van der Waals surface area (Å²) >= 11 is 3.41. The molecule has 3 nitrogen and oxygen atoms in total. The van der Waals surface area contributed by atoms with E-state index in [1.807, 2.05) is 43.6 Å². The minimum atomic E-state index is -0.638. The molecule has 1 aliphatic rings. The standard InChI is InChI=1S/C14H16BrNO2/c1-16-8-7-11(9-18-2)13(14(16)17)10-3-5-12(15)6-4-10/h3-8,14,17H,9H2,1-2H3. The number of aliphatic hydroxyl groups excluding tert-OH is 1. The highest BCUT2D eigenvalue weighted by Gasteiger charge is 2.22. The molecule has 0 aliphatic carbocycles. The first-order valence-electron chi connectivity index (χ1n) is 5.69. The summed E-state index contributed by atoms with van der Waals surface area (Å²) in [6.45, 7) is 0.493. The zero-order chi connectivity index (χ0) is 13.1. The van der Waals surface area contributed by atoms with Gasteiger partial charge in [0.2, 0.25) is 0 Å². The molecular weight excluding hydrogens is 294 g/mol. The van der Waals surface area contributed by atoms with Crippen molar-refractivity contribution in [1.82, 2.24) is 4.90 Å². The molecule has 1 aromatic rings. The Kier molecular flexibility index (Phi) is 4.22. The van der Waals surface area contributed by atoms with Crippen LogP contribution in [-0.2, 0) is 4.74 Å². The van der Waals surface area contributed by atoms with Crippen LogP contribution in [0.3, 0.4) is 0 Å². The Balaban J connectivity index is 2.46. The Labute approximate surface area is 116 Å². The maximum atomic E-state index is 10.3. The first-order valence-corrected chi connectivity index (χ1v) is 6.49. The summed E-state index contributed by atoms with van der Waals surface area (Å²) in [5, 5.41) is 10.3. The van der Waals surface area contributed by atoms with Crippen LogP contribution in [0, 0.1) is 0 Å². The maximum absolute atomic E-state index is 10.3. The van der Waals surface area contributed by atoms with E-state index in [2.05, 4.69) is 15.9 Å². The minimum Gasteiger partial charge on any atom is -0.380 e. The Bertz CT molecular complexity index is 479. The molecule has 0 fully saturated rings. The van der Waals surface area contributed by atoms with Gasteiger partial charge in [0.25, 0.3) is 0 Å². The van der Waals surface area contributed by atoms with Crippen molar-refractivity contribution in [3.8, 4) is 0 Å². The van der Waals surface area contributed by atoms with Crippen molar-refractivity contribution >= 4 is 21.5 Å². The van der Waals surface area contributed by atoms with Crippen molar-refractivity contribution in [2.24, 2.45) is 0 Å². The van der Waals surface area contributed by atoms with Crippen LogP contribution in [-0.4, -0.2) is 37.0 Å². The molecule has 0 spiro atoms. The van der Waals surface area contributed by atoms with Crippen molar-refractivity contribution in [3.05, 3.63) is 52.2 Å². The van der Waals surface area contributed by atoms with E-state index >= 15 is 0 Å². The molecule has 2 rings (SSSR count). The van der Waals surface area contributed by atoms with Gasteiger partial charge in [0.15, 0.2) is 6.23 Å². The molecule has 18 heavy (non-hydrogen) atoms. The largest absolute Gasteiger partial charge is 0.380 e. The highest BCUT2D eigenvalue weighted by atomic mass is 79.9. The van der Waals surface area contributed by atoms with E-state index in [1.54, 1.807) is 12.0 Å². The summed E-state index contributed by atoms with van der Waals surface area (Å²) in [7, 11) is 3.51. The van der Waals surface area contributed by atoms with E-state index in [9.17, 15) is 5.11 Å². The molecule has 1 unspecified atom stereocenters. The average molecular weight is 310 g/mol. The molecule has 0 amide bonds. The highest BCUT2D eigenvalue weighted by molar-refractivity contribution is 9.10. The number of benzene rings is 1. The number of hydrogen-bond donors (Lipinski definition) is 1. The quantitative estimate of drug-likeness (QED) is 0.931. The molecule has 1 N–H and O–H groups in total.